The molecular weight excluding hydrogens is 142 g/mol. The lowest BCUT2D eigenvalue weighted by atomic mass is 10.2. The largest absolute Gasteiger partial charge is 0.440 e. The van der Waals surface area contributed by atoms with E-state index in [2.05, 4.69) is 4.98 Å². The van der Waals surface area contributed by atoms with Crippen LogP contribution in [0.25, 0.3) is 0 Å². The van der Waals surface area contributed by atoms with Gasteiger partial charge in [0, 0.05) is 5.92 Å². The van der Waals surface area contributed by atoms with Gasteiger partial charge in [-0.1, -0.05) is 0 Å². The summed E-state index contributed by atoms with van der Waals surface area (Å²) in [6.07, 6.45) is 3.35. The molecule has 0 amide bonds. The molecule has 11 heavy (non-hydrogen) atoms. The van der Waals surface area contributed by atoms with Crippen LogP contribution < -0.4 is 0 Å². The van der Waals surface area contributed by atoms with Crippen LogP contribution in [0.15, 0.2) is 10.8 Å². The number of aryl methyl sites for hydroxylation is 1. The molecule has 1 aromatic heterocycles. The van der Waals surface area contributed by atoms with Gasteiger partial charge in [0.2, 0.25) is 5.78 Å². The van der Waals surface area contributed by atoms with Gasteiger partial charge in [-0.05, 0) is 19.8 Å². The highest BCUT2D eigenvalue weighted by molar-refractivity contribution is 5.97. The van der Waals surface area contributed by atoms with Crippen molar-refractivity contribution in [3.05, 3.63) is 17.8 Å². The van der Waals surface area contributed by atoms with Gasteiger partial charge >= 0.3 is 0 Å². The fourth-order valence-corrected chi connectivity index (χ4v) is 1.07. The van der Waals surface area contributed by atoms with Gasteiger partial charge in [-0.2, -0.15) is 0 Å². The number of aromatic nitrogens is 1. The third-order valence-electron chi connectivity index (χ3n) is 1.92. The SMILES string of the molecule is Cc1ncoc1C(=O)C1CC1. The van der Waals surface area contributed by atoms with E-state index < -0.39 is 0 Å². The summed E-state index contributed by atoms with van der Waals surface area (Å²) in [5.41, 5.74) is 0.710. The molecule has 0 N–H and O–H groups in total. The zero-order valence-corrected chi connectivity index (χ0v) is 6.33. The lowest BCUT2D eigenvalue weighted by Gasteiger charge is -1.91. The number of carbonyl (C=O) groups is 1. The van der Waals surface area contributed by atoms with Gasteiger partial charge in [-0.3, -0.25) is 4.79 Å². The van der Waals surface area contributed by atoms with Crippen LogP contribution in [0.2, 0.25) is 0 Å². The summed E-state index contributed by atoms with van der Waals surface area (Å²) in [5.74, 6) is 0.800. The normalized spacial score (nSPS) is 16.8. The van der Waals surface area contributed by atoms with E-state index in [-0.39, 0.29) is 11.7 Å². The second kappa shape index (κ2) is 2.19. The van der Waals surface area contributed by atoms with E-state index in [0.29, 0.717) is 11.5 Å². The topological polar surface area (TPSA) is 43.1 Å². The Morgan fingerprint density at radius 1 is 1.73 bits per heavy atom. The molecule has 1 saturated carbocycles. The zero-order chi connectivity index (χ0) is 7.84. The summed E-state index contributed by atoms with van der Waals surface area (Å²) in [5, 5.41) is 0. The molecule has 1 heterocycles. The fourth-order valence-electron chi connectivity index (χ4n) is 1.07. The Bertz CT molecular complexity index is 286. The lowest BCUT2D eigenvalue weighted by molar-refractivity contribution is 0.0939. The summed E-state index contributed by atoms with van der Waals surface area (Å²) in [4.78, 5) is 15.2. The monoisotopic (exact) mass is 151 g/mol. The molecule has 3 nitrogen and oxygen atoms in total. The van der Waals surface area contributed by atoms with Crippen molar-refractivity contribution in [2.75, 3.05) is 0 Å². The first-order chi connectivity index (χ1) is 5.29. The van der Waals surface area contributed by atoms with Crippen LogP contribution in [0.5, 0.6) is 0 Å². The number of carbonyl (C=O) groups excluding carboxylic acids is 1. The van der Waals surface area contributed by atoms with Crippen LogP contribution in [0.1, 0.15) is 29.1 Å². The van der Waals surface area contributed by atoms with E-state index in [0.717, 1.165) is 12.8 Å². The van der Waals surface area contributed by atoms with Crippen molar-refractivity contribution >= 4 is 5.78 Å². The minimum Gasteiger partial charge on any atom is -0.440 e. The van der Waals surface area contributed by atoms with Crippen LogP contribution in [0, 0.1) is 12.8 Å². The predicted octanol–water partition coefficient (Wildman–Crippen LogP) is 1.58. The number of oxazole rings is 1. The average molecular weight is 151 g/mol. The number of hydrogen-bond donors (Lipinski definition) is 0. The molecule has 1 aromatic rings. The number of Topliss-reactive ketones (excluding diaryl/α,β-unsaturated/α-hetero) is 1. The Morgan fingerprint density at radius 3 is 2.91 bits per heavy atom. The van der Waals surface area contributed by atoms with Gasteiger partial charge in [-0.25, -0.2) is 4.98 Å². The van der Waals surface area contributed by atoms with Gasteiger partial charge < -0.3 is 4.42 Å². The Hall–Kier alpha value is -1.12. The van der Waals surface area contributed by atoms with Crippen LogP contribution >= 0.6 is 0 Å². The third-order valence-corrected chi connectivity index (χ3v) is 1.92. The Labute approximate surface area is 64.4 Å². The molecule has 1 aliphatic carbocycles. The highest BCUT2D eigenvalue weighted by Gasteiger charge is 2.33. The fraction of sp³-hybridized carbons (Fsp3) is 0.500. The maximum atomic E-state index is 11.4. The lowest BCUT2D eigenvalue weighted by Crippen LogP contribution is -2.01. The van der Waals surface area contributed by atoms with Gasteiger partial charge in [0.15, 0.2) is 12.2 Å². The Morgan fingerprint density at radius 2 is 2.45 bits per heavy atom. The molecule has 0 atom stereocenters. The third kappa shape index (κ3) is 1.06. The molecule has 58 valence electrons. The van der Waals surface area contributed by atoms with Crippen molar-refractivity contribution in [2.24, 2.45) is 5.92 Å². The van der Waals surface area contributed by atoms with Crippen LogP contribution in [0.3, 0.4) is 0 Å². The molecule has 2 rings (SSSR count). The van der Waals surface area contributed by atoms with Crippen LogP contribution in [-0.2, 0) is 0 Å². The van der Waals surface area contributed by atoms with E-state index in [1.165, 1.54) is 6.39 Å². The van der Waals surface area contributed by atoms with E-state index in [1.807, 2.05) is 0 Å². The van der Waals surface area contributed by atoms with Gasteiger partial charge in [0.05, 0.1) is 5.69 Å². The molecule has 0 saturated heterocycles. The minimum absolute atomic E-state index is 0.125. The summed E-state index contributed by atoms with van der Waals surface area (Å²) < 4.78 is 4.97. The molecular formula is C8H9NO2. The van der Waals surface area contributed by atoms with E-state index in [9.17, 15) is 4.79 Å². The molecule has 0 unspecified atom stereocenters. The second-order valence-corrected chi connectivity index (χ2v) is 2.91. The maximum absolute atomic E-state index is 11.4. The highest BCUT2D eigenvalue weighted by Crippen LogP contribution is 2.33. The molecule has 1 aliphatic rings. The van der Waals surface area contributed by atoms with Crippen molar-refractivity contribution < 1.29 is 9.21 Å². The van der Waals surface area contributed by atoms with Crippen LogP contribution in [0.4, 0.5) is 0 Å². The quantitative estimate of drug-likeness (QED) is 0.602. The molecule has 0 aromatic carbocycles. The Balaban J connectivity index is 2.27. The maximum Gasteiger partial charge on any atom is 0.203 e. The van der Waals surface area contributed by atoms with Gasteiger partial charge in [0.1, 0.15) is 0 Å². The Kier molecular flexibility index (Phi) is 1.31. The number of nitrogens with zero attached hydrogens (tertiary/aromatic N) is 1. The van der Waals surface area contributed by atoms with Crippen molar-refractivity contribution in [1.82, 2.24) is 4.98 Å². The molecule has 0 spiro atoms. The van der Waals surface area contributed by atoms with Crippen molar-refractivity contribution in [3.8, 4) is 0 Å². The van der Waals surface area contributed by atoms with E-state index >= 15 is 0 Å². The van der Waals surface area contributed by atoms with Gasteiger partial charge in [-0.15, -0.1) is 0 Å². The molecule has 0 aliphatic heterocycles. The summed E-state index contributed by atoms with van der Waals surface area (Å²) in [6, 6.07) is 0. The summed E-state index contributed by atoms with van der Waals surface area (Å²) in [7, 11) is 0. The molecule has 0 bridgehead atoms. The average Bonchev–Trinajstić information content (AvgIpc) is 2.74. The van der Waals surface area contributed by atoms with Crippen molar-refractivity contribution in [1.29, 1.82) is 0 Å². The summed E-state index contributed by atoms with van der Waals surface area (Å²) in [6.45, 7) is 1.79. The smallest absolute Gasteiger partial charge is 0.203 e. The minimum atomic E-state index is 0.125. The molecule has 0 radical (unpaired) electrons. The summed E-state index contributed by atoms with van der Waals surface area (Å²) >= 11 is 0. The first-order valence-electron chi connectivity index (χ1n) is 3.73. The molecule has 1 fully saturated rings. The van der Waals surface area contributed by atoms with E-state index in [4.69, 9.17) is 4.42 Å². The molecule has 3 heteroatoms. The van der Waals surface area contributed by atoms with Crippen molar-refractivity contribution in [2.45, 2.75) is 19.8 Å². The number of rotatable bonds is 2. The van der Waals surface area contributed by atoms with Crippen molar-refractivity contribution in [3.63, 3.8) is 0 Å². The number of hydrogen-bond acceptors (Lipinski definition) is 3. The second-order valence-electron chi connectivity index (χ2n) is 2.91. The number of ketones is 1. The van der Waals surface area contributed by atoms with Gasteiger partial charge in [0.25, 0.3) is 0 Å². The van der Waals surface area contributed by atoms with Crippen LogP contribution in [-0.4, -0.2) is 10.8 Å². The predicted molar refractivity (Wildman–Crippen MR) is 38.3 cm³/mol. The first kappa shape index (κ1) is 6.58. The zero-order valence-electron chi connectivity index (χ0n) is 6.33. The van der Waals surface area contributed by atoms with E-state index in [1.54, 1.807) is 6.92 Å². The first-order valence-corrected chi connectivity index (χ1v) is 3.73. The highest BCUT2D eigenvalue weighted by atomic mass is 16.3. The standard InChI is InChI=1S/C8H9NO2/c1-5-8(11-4-9-5)7(10)6-2-3-6/h4,6H,2-3H2,1H3.